The van der Waals surface area contributed by atoms with Crippen molar-refractivity contribution < 1.29 is 0 Å². The van der Waals surface area contributed by atoms with E-state index < -0.39 is 0 Å². The molecule has 0 spiro atoms. The summed E-state index contributed by atoms with van der Waals surface area (Å²) in [6.45, 7) is 3.45. The van der Waals surface area contributed by atoms with Crippen LogP contribution in [0.15, 0.2) is 12.4 Å². The maximum atomic E-state index is 3.28. The van der Waals surface area contributed by atoms with Crippen molar-refractivity contribution in [3.8, 4) is 0 Å². The second-order valence-electron chi connectivity index (χ2n) is 2.53. The topological polar surface area (TPSA) is 15.3 Å². The number of nitrogens with one attached hydrogen (secondary N) is 1. The normalized spacial score (nSPS) is 40.9. The Balaban J connectivity index is 2.18. The molecule has 3 aliphatic heterocycles. The summed E-state index contributed by atoms with van der Waals surface area (Å²) in [5.74, 6) is 0. The van der Waals surface area contributed by atoms with Crippen LogP contribution >= 0.6 is 0 Å². The lowest BCUT2D eigenvalue weighted by Gasteiger charge is -2.49. The van der Waals surface area contributed by atoms with E-state index in [1.165, 1.54) is 6.54 Å². The molecule has 0 radical (unpaired) electrons. The Morgan fingerprint density at radius 3 is 2.88 bits per heavy atom. The maximum Gasteiger partial charge on any atom is 0.0631 e. The predicted molar refractivity (Wildman–Crippen MR) is 32.2 cm³/mol. The van der Waals surface area contributed by atoms with Crippen molar-refractivity contribution in [1.82, 2.24) is 10.2 Å². The summed E-state index contributed by atoms with van der Waals surface area (Å²) in [6, 6.07) is 1.47. The van der Waals surface area contributed by atoms with E-state index in [0.717, 1.165) is 12.1 Å². The van der Waals surface area contributed by atoms with Gasteiger partial charge in [0.25, 0.3) is 0 Å². The van der Waals surface area contributed by atoms with Crippen molar-refractivity contribution >= 4 is 0 Å². The molecule has 0 aromatic rings. The second-order valence-corrected chi connectivity index (χ2v) is 2.53. The molecule has 0 amide bonds. The summed E-state index contributed by atoms with van der Waals surface area (Å²) < 4.78 is 0. The Kier molecular flexibility index (Phi) is 0.629. The van der Waals surface area contributed by atoms with Gasteiger partial charge in [-0.1, -0.05) is 0 Å². The summed E-state index contributed by atoms with van der Waals surface area (Å²) in [4.78, 5) is 2.33. The van der Waals surface area contributed by atoms with E-state index >= 15 is 0 Å². The van der Waals surface area contributed by atoms with Gasteiger partial charge in [-0.25, -0.2) is 0 Å². The van der Waals surface area contributed by atoms with Gasteiger partial charge in [0.15, 0.2) is 0 Å². The van der Waals surface area contributed by atoms with E-state index in [9.17, 15) is 0 Å². The fourth-order valence-corrected chi connectivity index (χ4v) is 1.29. The zero-order valence-electron chi connectivity index (χ0n) is 4.96. The molecule has 2 unspecified atom stereocenters. The average Bonchev–Trinajstić information content (AvgIpc) is 1.89. The summed E-state index contributed by atoms with van der Waals surface area (Å²) >= 11 is 0. The third kappa shape index (κ3) is 0.335. The molecule has 8 heavy (non-hydrogen) atoms. The van der Waals surface area contributed by atoms with Crippen LogP contribution in [-0.4, -0.2) is 23.5 Å². The van der Waals surface area contributed by atoms with Crippen LogP contribution in [0.1, 0.15) is 6.92 Å². The molecule has 0 aliphatic carbocycles. The number of hydrogen-bond donors (Lipinski definition) is 1. The van der Waals surface area contributed by atoms with E-state index in [1.54, 1.807) is 0 Å². The standard InChI is InChI=1S/C6H10N2/c1-5-6-4-8(5)3-2-7-6/h2-3,5-7H,4H2,1H3. The van der Waals surface area contributed by atoms with Crippen molar-refractivity contribution in [1.29, 1.82) is 0 Å². The molecule has 3 aliphatic rings. The number of hydrogen-bond acceptors (Lipinski definition) is 2. The quantitative estimate of drug-likeness (QED) is 0.477. The molecule has 2 heteroatoms. The molecular weight excluding hydrogens is 100 g/mol. The fraction of sp³-hybridized carbons (Fsp3) is 0.667. The van der Waals surface area contributed by atoms with Crippen LogP contribution in [0.3, 0.4) is 0 Å². The SMILES string of the molecule is CC1C2CN1C=CN2. The second kappa shape index (κ2) is 1.19. The number of rotatable bonds is 0. The first-order valence-electron chi connectivity index (χ1n) is 3.06. The lowest BCUT2D eigenvalue weighted by molar-refractivity contribution is 0.101. The van der Waals surface area contributed by atoms with Crippen molar-refractivity contribution in [3.63, 3.8) is 0 Å². The van der Waals surface area contributed by atoms with Gasteiger partial charge in [-0.05, 0) is 6.92 Å². The Hall–Kier alpha value is -0.660. The van der Waals surface area contributed by atoms with Gasteiger partial charge in [0.05, 0.1) is 6.04 Å². The minimum Gasteiger partial charge on any atom is -0.383 e. The van der Waals surface area contributed by atoms with E-state index in [4.69, 9.17) is 0 Å². The zero-order chi connectivity index (χ0) is 5.56. The van der Waals surface area contributed by atoms with Crippen molar-refractivity contribution in [3.05, 3.63) is 12.4 Å². The number of nitrogens with zero attached hydrogens (tertiary/aromatic N) is 1. The molecule has 3 heterocycles. The Morgan fingerprint density at radius 2 is 2.62 bits per heavy atom. The minimum atomic E-state index is 0.736. The fourth-order valence-electron chi connectivity index (χ4n) is 1.29. The molecule has 2 nitrogen and oxygen atoms in total. The van der Waals surface area contributed by atoms with Crippen LogP contribution in [0.25, 0.3) is 0 Å². The van der Waals surface area contributed by atoms with Gasteiger partial charge in [-0.2, -0.15) is 0 Å². The Labute approximate surface area is 49.2 Å². The van der Waals surface area contributed by atoms with E-state index in [1.807, 2.05) is 6.20 Å². The molecule has 0 saturated carbocycles. The lowest BCUT2D eigenvalue weighted by atomic mass is 9.98. The van der Waals surface area contributed by atoms with Crippen LogP contribution in [0.2, 0.25) is 0 Å². The molecule has 1 N–H and O–H groups in total. The molecule has 3 rings (SSSR count). The molecule has 1 saturated heterocycles. The van der Waals surface area contributed by atoms with Gasteiger partial charge in [0.1, 0.15) is 0 Å². The zero-order valence-corrected chi connectivity index (χ0v) is 4.96. The molecule has 44 valence electrons. The molecule has 0 aromatic carbocycles. The maximum absolute atomic E-state index is 3.28. The first kappa shape index (κ1) is 4.24. The summed E-state index contributed by atoms with van der Waals surface area (Å²) in [5.41, 5.74) is 0. The van der Waals surface area contributed by atoms with E-state index in [0.29, 0.717) is 0 Å². The van der Waals surface area contributed by atoms with Gasteiger partial charge in [0, 0.05) is 25.0 Å². The van der Waals surface area contributed by atoms with Gasteiger partial charge < -0.3 is 10.2 Å². The molecule has 0 aromatic heterocycles. The molecular formula is C6H10N2. The van der Waals surface area contributed by atoms with Crippen LogP contribution in [0, 0.1) is 0 Å². The first-order chi connectivity index (χ1) is 3.88. The highest BCUT2D eigenvalue weighted by Gasteiger charge is 2.34. The van der Waals surface area contributed by atoms with E-state index in [-0.39, 0.29) is 0 Å². The van der Waals surface area contributed by atoms with Crippen molar-refractivity contribution in [2.45, 2.75) is 19.0 Å². The van der Waals surface area contributed by atoms with Crippen molar-refractivity contribution in [2.75, 3.05) is 6.54 Å². The average molecular weight is 110 g/mol. The summed E-state index contributed by atoms with van der Waals surface area (Å²) in [5, 5.41) is 3.28. The minimum absolute atomic E-state index is 0.736. The lowest BCUT2D eigenvalue weighted by Crippen LogP contribution is -2.63. The molecule has 2 atom stereocenters. The van der Waals surface area contributed by atoms with Gasteiger partial charge >= 0.3 is 0 Å². The van der Waals surface area contributed by atoms with Crippen molar-refractivity contribution in [2.24, 2.45) is 0 Å². The Morgan fingerprint density at radius 1 is 1.75 bits per heavy atom. The van der Waals surface area contributed by atoms with Crippen LogP contribution < -0.4 is 5.32 Å². The van der Waals surface area contributed by atoms with Crippen LogP contribution in [0.4, 0.5) is 0 Å². The van der Waals surface area contributed by atoms with Gasteiger partial charge in [-0.15, -0.1) is 0 Å². The van der Waals surface area contributed by atoms with Crippen LogP contribution in [0.5, 0.6) is 0 Å². The largest absolute Gasteiger partial charge is 0.383 e. The highest BCUT2D eigenvalue weighted by atomic mass is 15.3. The van der Waals surface area contributed by atoms with Crippen LogP contribution in [-0.2, 0) is 0 Å². The summed E-state index contributed by atoms with van der Waals surface area (Å²) in [6.07, 6.45) is 4.14. The Bertz CT molecular complexity index is 130. The molecule has 1 fully saturated rings. The van der Waals surface area contributed by atoms with E-state index in [2.05, 4.69) is 23.3 Å². The van der Waals surface area contributed by atoms with Gasteiger partial charge in [0.2, 0.25) is 0 Å². The highest BCUT2D eigenvalue weighted by Crippen LogP contribution is 2.20. The monoisotopic (exact) mass is 110 g/mol. The summed E-state index contributed by atoms with van der Waals surface area (Å²) in [7, 11) is 0. The molecule has 2 bridgehead atoms. The third-order valence-corrected chi connectivity index (χ3v) is 2.09. The number of fused-ring (bicyclic) bond motifs is 1. The predicted octanol–water partition coefficient (Wildman–Crippen LogP) is 0.134. The van der Waals surface area contributed by atoms with Gasteiger partial charge in [-0.3, -0.25) is 0 Å². The smallest absolute Gasteiger partial charge is 0.0631 e. The first-order valence-corrected chi connectivity index (χ1v) is 3.06. The highest BCUT2D eigenvalue weighted by molar-refractivity contribution is 5.07. The third-order valence-electron chi connectivity index (χ3n) is 2.09.